The van der Waals surface area contributed by atoms with Crippen LogP contribution in [0.25, 0.3) is 10.9 Å². The molecule has 0 bridgehead atoms. The van der Waals surface area contributed by atoms with E-state index in [0.29, 0.717) is 25.0 Å². The second-order valence-electron chi connectivity index (χ2n) is 8.36. The number of non-ortho nitro benzene ring substituents is 1. The first-order valence-corrected chi connectivity index (χ1v) is 11.1. The maximum atomic E-state index is 12.7. The Labute approximate surface area is 176 Å². The Balaban J connectivity index is 1.81. The van der Waals surface area contributed by atoms with Crippen molar-refractivity contribution in [2.75, 3.05) is 31.6 Å². The average molecular weight is 414 g/mol. The molecule has 2 aromatic rings. The molecule has 2 heterocycles. The quantitative estimate of drug-likeness (QED) is 0.572. The lowest BCUT2D eigenvalue weighted by Crippen LogP contribution is -2.47. The molecule has 1 fully saturated rings. The number of benzene rings is 1. The van der Waals surface area contributed by atoms with E-state index in [1.54, 1.807) is 21.7 Å². The van der Waals surface area contributed by atoms with Crippen LogP contribution in [0.4, 0.5) is 10.5 Å². The highest BCUT2D eigenvalue weighted by Crippen LogP contribution is 2.45. The first-order chi connectivity index (χ1) is 14.5. The van der Waals surface area contributed by atoms with Crippen LogP contribution >= 0.6 is 0 Å². The van der Waals surface area contributed by atoms with Crippen molar-refractivity contribution in [3.8, 4) is 0 Å². The molecule has 2 aliphatic rings. The van der Waals surface area contributed by atoms with Gasteiger partial charge in [-0.1, -0.05) is 6.92 Å². The van der Waals surface area contributed by atoms with Gasteiger partial charge in [-0.3, -0.25) is 19.7 Å². The van der Waals surface area contributed by atoms with E-state index < -0.39 is 0 Å². The van der Waals surface area contributed by atoms with Gasteiger partial charge < -0.3 is 4.90 Å². The van der Waals surface area contributed by atoms with Gasteiger partial charge in [0.1, 0.15) is 0 Å². The van der Waals surface area contributed by atoms with Gasteiger partial charge in [0.15, 0.2) is 0 Å². The van der Waals surface area contributed by atoms with Crippen LogP contribution in [-0.4, -0.2) is 57.7 Å². The number of likely N-dealkylation sites (tertiary alicyclic amines) is 1. The number of nitrogens with one attached hydrogen (secondary N) is 1. The molecule has 1 aromatic heterocycles. The molecule has 1 aliphatic heterocycles. The number of carbonyl (C=O) groups excluding carboxylic acids is 1. The molecule has 8 heteroatoms. The van der Waals surface area contributed by atoms with Gasteiger partial charge in [-0.25, -0.2) is 10.2 Å². The number of fused-ring (bicyclic) bond motifs is 2. The predicted molar refractivity (Wildman–Crippen MR) is 118 cm³/mol. The van der Waals surface area contributed by atoms with E-state index in [0.717, 1.165) is 55.2 Å². The number of rotatable bonds is 6. The van der Waals surface area contributed by atoms with E-state index in [1.807, 2.05) is 20.0 Å². The van der Waals surface area contributed by atoms with Gasteiger partial charge in [0, 0.05) is 48.8 Å². The molecule has 1 saturated heterocycles. The standard InChI is InChI=1S/C22H31N5O3/c1-4-9-25-10-7-8-17-18-12-16(27(29)30)13-20-21(18)15(11-19(17)25)14-26(20)23-22(28)24(5-2)6-3/h12-14,17,19H,4-11H2,1-3H3,(H,23,28)/t17-,19-/m1/s1. The topological polar surface area (TPSA) is 83.6 Å². The van der Waals surface area contributed by atoms with Crippen molar-refractivity contribution in [3.05, 3.63) is 39.6 Å². The van der Waals surface area contributed by atoms with Crippen molar-refractivity contribution in [1.82, 2.24) is 14.5 Å². The van der Waals surface area contributed by atoms with Crippen LogP contribution < -0.4 is 5.43 Å². The van der Waals surface area contributed by atoms with E-state index in [-0.39, 0.29) is 16.6 Å². The zero-order valence-electron chi connectivity index (χ0n) is 18.1. The van der Waals surface area contributed by atoms with E-state index in [2.05, 4.69) is 17.2 Å². The molecule has 0 radical (unpaired) electrons. The van der Waals surface area contributed by atoms with Crippen LogP contribution in [0.3, 0.4) is 0 Å². The Hall–Kier alpha value is -2.61. The van der Waals surface area contributed by atoms with Gasteiger partial charge in [0.05, 0.1) is 10.4 Å². The van der Waals surface area contributed by atoms with Gasteiger partial charge in [-0.2, -0.15) is 0 Å². The summed E-state index contributed by atoms with van der Waals surface area (Å²) in [6, 6.07) is 3.54. The van der Waals surface area contributed by atoms with Gasteiger partial charge in [0.2, 0.25) is 0 Å². The number of carbonyl (C=O) groups is 1. The zero-order valence-corrected chi connectivity index (χ0v) is 18.1. The molecule has 1 N–H and O–H groups in total. The third-order valence-electron chi connectivity index (χ3n) is 6.71. The van der Waals surface area contributed by atoms with Crippen LogP contribution in [0.15, 0.2) is 18.3 Å². The van der Waals surface area contributed by atoms with Crippen molar-refractivity contribution < 1.29 is 9.72 Å². The molecular formula is C22H31N5O3. The third kappa shape index (κ3) is 3.43. The molecule has 0 saturated carbocycles. The predicted octanol–water partition coefficient (Wildman–Crippen LogP) is 4.07. The number of aromatic nitrogens is 1. The first kappa shape index (κ1) is 20.7. The number of amides is 2. The Morgan fingerprint density at radius 3 is 2.73 bits per heavy atom. The molecule has 162 valence electrons. The van der Waals surface area contributed by atoms with Gasteiger partial charge in [0.25, 0.3) is 5.69 Å². The summed E-state index contributed by atoms with van der Waals surface area (Å²) in [6.45, 7) is 9.42. The molecule has 2 atom stereocenters. The maximum absolute atomic E-state index is 12.7. The number of hydrogen-bond acceptors (Lipinski definition) is 4. The van der Waals surface area contributed by atoms with Crippen molar-refractivity contribution in [1.29, 1.82) is 0 Å². The monoisotopic (exact) mass is 413 g/mol. The van der Waals surface area contributed by atoms with Crippen molar-refractivity contribution in [2.45, 2.75) is 58.4 Å². The zero-order chi connectivity index (χ0) is 21.4. The third-order valence-corrected chi connectivity index (χ3v) is 6.71. The summed E-state index contributed by atoms with van der Waals surface area (Å²) in [5.74, 6) is 0.300. The smallest absolute Gasteiger partial charge is 0.324 e. The van der Waals surface area contributed by atoms with Crippen LogP contribution in [0, 0.1) is 10.1 Å². The van der Waals surface area contributed by atoms with E-state index in [4.69, 9.17) is 0 Å². The lowest BCUT2D eigenvalue weighted by molar-refractivity contribution is -0.384. The Morgan fingerprint density at radius 1 is 1.30 bits per heavy atom. The van der Waals surface area contributed by atoms with E-state index in [1.165, 1.54) is 5.56 Å². The molecule has 4 rings (SSSR count). The maximum Gasteiger partial charge on any atom is 0.336 e. The van der Waals surface area contributed by atoms with Crippen LogP contribution in [0.1, 0.15) is 57.1 Å². The van der Waals surface area contributed by atoms with Crippen molar-refractivity contribution >= 4 is 22.6 Å². The Kier molecular flexibility index (Phi) is 5.69. The molecular weight excluding hydrogens is 382 g/mol. The van der Waals surface area contributed by atoms with Crippen molar-refractivity contribution in [2.24, 2.45) is 0 Å². The molecule has 1 aromatic carbocycles. The second kappa shape index (κ2) is 8.26. The van der Waals surface area contributed by atoms with Crippen LogP contribution in [0.5, 0.6) is 0 Å². The number of piperidine rings is 1. The molecule has 0 spiro atoms. The normalized spacial score (nSPS) is 20.8. The highest BCUT2D eigenvalue weighted by Gasteiger charge is 2.38. The fraction of sp³-hybridized carbons (Fsp3) is 0.591. The highest BCUT2D eigenvalue weighted by molar-refractivity contribution is 5.93. The van der Waals surface area contributed by atoms with E-state index in [9.17, 15) is 14.9 Å². The van der Waals surface area contributed by atoms with Crippen LogP contribution in [-0.2, 0) is 6.42 Å². The fourth-order valence-electron chi connectivity index (χ4n) is 5.34. The average Bonchev–Trinajstić information content (AvgIpc) is 3.07. The minimum absolute atomic E-state index is 0.0914. The minimum atomic E-state index is -0.324. The largest absolute Gasteiger partial charge is 0.336 e. The summed E-state index contributed by atoms with van der Waals surface area (Å²) in [4.78, 5) is 28.3. The summed E-state index contributed by atoms with van der Waals surface area (Å²) < 4.78 is 1.70. The molecule has 8 nitrogen and oxygen atoms in total. The number of urea groups is 1. The SMILES string of the molecule is CCCN1CCC[C@@H]2c3cc([N+](=O)[O-])cc4c3c(cn4NC(=O)N(CC)CC)C[C@H]21. The van der Waals surface area contributed by atoms with Crippen LogP contribution in [0.2, 0.25) is 0 Å². The fourth-order valence-corrected chi connectivity index (χ4v) is 5.34. The van der Waals surface area contributed by atoms with Gasteiger partial charge in [-0.05, 0) is 63.7 Å². The highest BCUT2D eigenvalue weighted by atomic mass is 16.6. The summed E-state index contributed by atoms with van der Waals surface area (Å²) >= 11 is 0. The molecule has 2 amide bonds. The number of nitrogens with zero attached hydrogens (tertiary/aromatic N) is 4. The summed E-state index contributed by atoms with van der Waals surface area (Å²) in [6.07, 6.45) is 6.15. The Bertz CT molecular complexity index is 963. The Morgan fingerprint density at radius 2 is 2.07 bits per heavy atom. The molecule has 30 heavy (non-hydrogen) atoms. The minimum Gasteiger partial charge on any atom is -0.324 e. The van der Waals surface area contributed by atoms with Crippen molar-refractivity contribution in [3.63, 3.8) is 0 Å². The summed E-state index contributed by atoms with van der Waals surface area (Å²) in [5, 5.41) is 12.8. The number of hydrogen-bond donors (Lipinski definition) is 1. The molecule has 1 aliphatic carbocycles. The number of nitro benzene ring substituents is 1. The second-order valence-corrected chi connectivity index (χ2v) is 8.36. The first-order valence-electron chi connectivity index (χ1n) is 11.1. The summed E-state index contributed by atoms with van der Waals surface area (Å²) in [5.41, 5.74) is 6.00. The van der Waals surface area contributed by atoms with Gasteiger partial charge in [-0.15, -0.1) is 0 Å². The number of nitro groups is 1. The van der Waals surface area contributed by atoms with E-state index >= 15 is 0 Å². The lowest BCUT2D eigenvalue weighted by Gasteiger charge is -2.44. The van der Waals surface area contributed by atoms with Gasteiger partial charge >= 0.3 is 6.03 Å². The summed E-state index contributed by atoms with van der Waals surface area (Å²) in [7, 11) is 0. The molecule has 0 unspecified atom stereocenters. The lowest BCUT2D eigenvalue weighted by atomic mass is 9.75.